The molecule has 6 heteroatoms. The van der Waals surface area contributed by atoms with E-state index in [9.17, 15) is 19.7 Å². The van der Waals surface area contributed by atoms with E-state index in [0.717, 1.165) is 0 Å². The molecular formula is C8H11NO5. The van der Waals surface area contributed by atoms with Gasteiger partial charge in [-0.1, -0.05) is 0 Å². The fourth-order valence-electron chi connectivity index (χ4n) is 1.94. The Kier molecular flexibility index (Phi) is 2.83. The first-order chi connectivity index (χ1) is 6.46. The maximum atomic E-state index is 11.4. The van der Waals surface area contributed by atoms with Crippen LogP contribution in [0.15, 0.2) is 0 Å². The molecule has 78 valence electrons. The fraction of sp³-hybridized carbons (Fsp3) is 0.750. The molecule has 0 amide bonds. The number of nitrogens with zero attached hydrogens (tertiary/aromatic N) is 1. The average molecular weight is 201 g/mol. The summed E-state index contributed by atoms with van der Waals surface area (Å²) in [7, 11) is 0. The van der Waals surface area contributed by atoms with E-state index in [4.69, 9.17) is 5.11 Å². The monoisotopic (exact) mass is 201 g/mol. The fourth-order valence-corrected chi connectivity index (χ4v) is 1.94. The number of carbonyl (C=O) groups is 2. The molecule has 0 aliphatic heterocycles. The van der Waals surface area contributed by atoms with E-state index < -0.39 is 29.3 Å². The smallest absolute Gasteiger partial charge is 0.304 e. The van der Waals surface area contributed by atoms with Gasteiger partial charge in [0.25, 0.3) is 0 Å². The Bertz CT molecular complexity index is 269. The number of carboxylic acid groups (broad SMARTS) is 1. The maximum Gasteiger partial charge on any atom is 0.304 e. The van der Waals surface area contributed by atoms with Crippen LogP contribution >= 0.6 is 0 Å². The summed E-state index contributed by atoms with van der Waals surface area (Å²) in [5.41, 5.74) is -1.24. The number of hydrogen-bond acceptors (Lipinski definition) is 4. The van der Waals surface area contributed by atoms with E-state index in [1.807, 2.05) is 0 Å². The molecule has 1 aliphatic carbocycles. The van der Waals surface area contributed by atoms with E-state index in [1.165, 1.54) is 0 Å². The number of carboxylic acids is 1. The van der Waals surface area contributed by atoms with E-state index in [0.29, 0.717) is 12.8 Å². The van der Waals surface area contributed by atoms with Crippen molar-refractivity contribution in [2.24, 2.45) is 5.41 Å². The zero-order valence-electron chi connectivity index (χ0n) is 7.56. The molecule has 6 nitrogen and oxygen atoms in total. The zero-order valence-corrected chi connectivity index (χ0v) is 7.56. The number of aliphatic carboxylic acids is 1. The summed E-state index contributed by atoms with van der Waals surface area (Å²) in [5.74, 6) is -1.43. The first kappa shape index (κ1) is 10.6. The molecule has 1 aliphatic rings. The molecule has 0 saturated heterocycles. The highest BCUT2D eigenvalue weighted by atomic mass is 16.6. The van der Waals surface area contributed by atoms with Crippen molar-refractivity contribution in [2.75, 3.05) is 6.54 Å². The van der Waals surface area contributed by atoms with Crippen molar-refractivity contribution < 1.29 is 19.6 Å². The zero-order chi connectivity index (χ0) is 10.8. The van der Waals surface area contributed by atoms with Gasteiger partial charge in [-0.3, -0.25) is 19.7 Å². The Morgan fingerprint density at radius 1 is 1.64 bits per heavy atom. The van der Waals surface area contributed by atoms with Gasteiger partial charge in [0.2, 0.25) is 6.54 Å². The number of Topliss-reactive ketones (excluding diaryl/α,β-unsaturated/α-hetero) is 1. The molecule has 0 aromatic heterocycles. The Balaban J connectivity index is 2.83. The first-order valence-electron chi connectivity index (χ1n) is 4.33. The molecule has 1 rings (SSSR count). The number of rotatable bonds is 4. The van der Waals surface area contributed by atoms with Crippen molar-refractivity contribution in [3.8, 4) is 0 Å². The minimum Gasteiger partial charge on any atom is -0.481 e. The van der Waals surface area contributed by atoms with E-state index >= 15 is 0 Å². The number of nitro groups is 1. The minimum absolute atomic E-state index is 0.265. The van der Waals surface area contributed by atoms with Gasteiger partial charge in [-0.2, -0.15) is 0 Å². The highest BCUT2D eigenvalue weighted by Crippen LogP contribution is 2.38. The third kappa shape index (κ3) is 2.07. The predicted molar refractivity (Wildman–Crippen MR) is 45.4 cm³/mol. The van der Waals surface area contributed by atoms with Gasteiger partial charge in [0.1, 0.15) is 11.2 Å². The van der Waals surface area contributed by atoms with Crippen LogP contribution < -0.4 is 0 Å². The summed E-state index contributed by atoms with van der Waals surface area (Å²) in [4.78, 5) is 31.7. The standard InChI is InChI=1S/C8H11NO5/c10-6-2-1-3-8(6,4-7(11)12)5-9(13)14/h1-5H2,(H,11,12). The van der Waals surface area contributed by atoms with Gasteiger partial charge in [0, 0.05) is 11.3 Å². The van der Waals surface area contributed by atoms with Crippen molar-refractivity contribution in [2.45, 2.75) is 25.7 Å². The molecule has 0 aromatic carbocycles. The maximum absolute atomic E-state index is 11.4. The normalized spacial score (nSPS) is 26.4. The van der Waals surface area contributed by atoms with Crippen molar-refractivity contribution in [3.63, 3.8) is 0 Å². The van der Waals surface area contributed by atoms with E-state index in [1.54, 1.807) is 0 Å². The second-order valence-electron chi connectivity index (χ2n) is 3.62. The van der Waals surface area contributed by atoms with Gasteiger partial charge in [0.05, 0.1) is 6.42 Å². The summed E-state index contributed by atoms with van der Waals surface area (Å²) in [5, 5.41) is 18.9. The molecule has 1 atom stereocenters. The Hall–Kier alpha value is -1.46. The van der Waals surface area contributed by atoms with Crippen molar-refractivity contribution in [1.82, 2.24) is 0 Å². The van der Waals surface area contributed by atoms with Crippen LogP contribution in [0.25, 0.3) is 0 Å². The molecule has 0 spiro atoms. The molecule has 1 N–H and O–H groups in total. The van der Waals surface area contributed by atoms with Crippen LogP contribution in [0.4, 0.5) is 0 Å². The van der Waals surface area contributed by atoms with Crippen molar-refractivity contribution in [3.05, 3.63) is 10.1 Å². The topological polar surface area (TPSA) is 97.5 Å². The van der Waals surface area contributed by atoms with Crippen molar-refractivity contribution in [1.29, 1.82) is 0 Å². The Labute approximate surface area is 80.1 Å². The summed E-state index contributed by atoms with van der Waals surface area (Å²) in [6.45, 7) is -0.557. The third-order valence-electron chi connectivity index (χ3n) is 2.57. The van der Waals surface area contributed by atoms with Gasteiger partial charge in [-0.15, -0.1) is 0 Å². The minimum atomic E-state index is -1.24. The van der Waals surface area contributed by atoms with Crippen LogP contribution in [0.5, 0.6) is 0 Å². The quantitative estimate of drug-likeness (QED) is 0.526. The van der Waals surface area contributed by atoms with Crippen LogP contribution in [0.1, 0.15) is 25.7 Å². The predicted octanol–water partition coefficient (Wildman–Crippen LogP) is 0.477. The molecule has 1 fully saturated rings. The lowest BCUT2D eigenvalue weighted by Gasteiger charge is -2.19. The van der Waals surface area contributed by atoms with Gasteiger partial charge in [-0.05, 0) is 12.8 Å². The van der Waals surface area contributed by atoms with E-state index in [2.05, 4.69) is 0 Å². The molecule has 0 aromatic rings. The van der Waals surface area contributed by atoms with Crippen LogP contribution in [0, 0.1) is 15.5 Å². The average Bonchev–Trinajstić information content (AvgIpc) is 2.29. The third-order valence-corrected chi connectivity index (χ3v) is 2.57. The van der Waals surface area contributed by atoms with Gasteiger partial charge >= 0.3 is 5.97 Å². The summed E-state index contributed by atoms with van der Waals surface area (Å²) < 4.78 is 0. The van der Waals surface area contributed by atoms with Crippen LogP contribution in [0.2, 0.25) is 0 Å². The van der Waals surface area contributed by atoms with Gasteiger partial charge in [-0.25, -0.2) is 0 Å². The molecular weight excluding hydrogens is 190 g/mol. The van der Waals surface area contributed by atoms with Crippen LogP contribution in [-0.4, -0.2) is 28.3 Å². The second kappa shape index (κ2) is 3.73. The Morgan fingerprint density at radius 3 is 2.64 bits per heavy atom. The van der Waals surface area contributed by atoms with Crippen LogP contribution in [-0.2, 0) is 9.59 Å². The van der Waals surface area contributed by atoms with Crippen molar-refractivity contribution >= 4 is 11.8 Å². The SMILES string of the molecule is O=C(O)CC1(C[N+](=O)[O-])CCCC1=O. The molecule has 14 heavy (non-hydrogen) atoms. The lowest BCUT2D eigenvalue weighted by molar-refractivity contribution is -0.493. The van der Waals surface area contributed by atoms with Crippen LogP contribution in [0.3, 0.4) is 0 Å². The summed E-state index contributed by atoms with van der Waals surface area (Å²) in [6.07, 6.45) is 0.715. The first-order valence-corrected chi connectivity index (χ1v) is 4.33. The van der Waals surface area contributed by atoms with Gasteiger partial charge < -0.3 is 5.11 Å². The molecule has 0 bridgehead atoms. The molecule has 0 heterocycles. The lowest BCUT2D eigenvalue weighted by Crippen LogP contribution is -2.36. The summed E-state index contributed by atoms with van der Waals surface area (Å²) in [6, 6.07) is 0. The highest BCUT2D eigenvalue weighted by molar-refractivity contribution is 5.90. The van der Waals surface area contributed by atoms with Gasteiger partial charge in [0.15, 0.2) is 0 Å². The molecule has 0 radical (unpaired) electrons. The summed E-state index contributed by atoms with van der Waals surface area (Å²) >= 11 is 0. The highest BCUT2D eigenvalue weighted by Gasteiger charge is 2.47. The number of hydrogen-bond donors (Lipinski definition) is 1. The molecule has 1 unspecified atom stereocenters. The largest absolute Gasteiger partial charge is 0.481 e. The Morgan fingerprint density at radius 2 is 2.29 bits per heavy atom. The second-order valence-corrected chi connectivity index (χ2v) is 3.62. The number of carbonyl (C=O) groups excluding carboxylic acids is 1. The molecule has 1 saturated carbocycles. The van der Waals surface area contributed by atoms with E-state index in [-0.39, 0.29) is 12.2 Å². The lowest BCUT2D eigenvalue weighted by atomic mass is 9.82. The number of ketones is 1.